The third-order valence-electron chi connectivity index (χ3n) is 2.17. The van der Waals surface area contributed by atoms with E-state index >= 15 is 0 Å². The number of carbonyl (C=O) groups excluding carboxylic acids is 2. The van der Waals surface area contributed by atoms with Crippen LogP contribution < -0.4 is 10.6 Å². The monoisotopic (exact) mass is 250 g/mol. The van der Waals surface area contributed by atoms with E-state index in [4.69, 9.17) is 0 Å². The smallest absolute Gasteiger partial charge is 0.251 e. The van der Waals surface area contributed by atoms with Crippen LogP contribution in [0.2, 0.25) is 0 Å². The van der Waals surface area contributed by atoms with Crippen LogP contribution in [-0.4, -0.2) is 24.9 Å². The van der Waals surface area contributed by atoms with Gasteiger partial charge in [-0.2, -0.15) is 0 Å². The molecule has 0 aliphatic heterocycles. The van der Waals surface area contributed by atoms with Crippen LogP contribution in [-0.2, 0) is 4.79 Å². The summed E-state index contributed by atoms with van der Waals surface area (Å²) in [5.41, 5.74) is 0.189. The van der Waals surface area contributed by atoms with Crippen molar-refractivity contribution in [1.29, 1.82) is 0 Å². The van der Waals surface area contributed by atoms with Gasteiger partial charge in [-0.15, -0.1) is 6.58 Å². The third-order valence-corrected chi connectivity index (χ3v) is 2.17. The maximum Gasteiger partial charge on any atom is 0.251 e. The fourth-order valence-corrected chi connectivity index (χ4v) is 1.27. The molecule has 4 nitrogen and oxygen atoms in total. The van der Waals surface area contributed by atoms with Gasteiger partial charge in [0.1, 0.15) is 5.82 Å². The molecule has 0 radical (unpaired) electrons. The molecule has 0 saturated heterocycles. The van der Waals surface area contributed by atoms with E-state index in [2.05, 4.69) is 17.2 Å². The van der Waals surface area contributed by atoms with Crippen LogP contribution in [0.25, 0.3) is 0 Å². The predicted molar refractivity (Wildman–Crippen MR) is 66.6 cm³/mol. The van der Waals surface area contributed by atoms with Crippen molar-refractivity contribution in [2.75, 3.05) is 13.1 Å². The molecule has 0 saturated carbocycles. The topological polar surface area (TPSA) is 58.2 Å². The predicted octanol–water partition coefficient (Wildman–Crippen LogP) is 1.25. The van der Waals surface area contributed by atoms with Crippen LogP contribution in [0.5, 0.6) is 0 Å². The molecule has 96 valence electrons. The second-order valence-corrected chi connectivity index (χ2v) is 3.62. The minimum absolute atomic E-state index is 0.132. The van der Waals surface area contributed by atoms with Crippen LogP contribution in [0.4, 0.5) is 4.39 Å². The van der Waals surface area contributed by atoms with E-state index in [1.54, 1.807) is 6.08 Å². The van der Waals surface area contributed by atoms with E-state index in [0.717, 1.165) is 6.07 Å². The maximum atomic E-state index is 12.9. The van der Waals surface area contributed by atoms with Gasteiger partial charge >= 0.3 is 0 Å². The van der Waals surface area contributed by atoms with Crippen LogP contribution in [0.3, 0.4) is 0 Å². The molecule has 1 aromatic carbocycles. The Kier molecular flexibility index (Phi) is 5.57. The van der Waals surface area contributed by atoms with Crippen molar-refractivity contribution in [2.45, 2.75) is 6.42 Å². The van der Waals surface area contributed by atoms with E-state index in [1.807, 2.05) is 0 Å². The summed E-state index contributed by atoms with van der Waals surface area (Å²) in [7, 11) is 0. The average Bonchev–Trinajstić information content (AvgIpc) is 2.36. The molecule has 0 aliphatic rings. The van der Waals surface area contributed by atoms with Gasteiger partial charge in [-0.05, 0) is 24.6 Å². The van der Waals surface area contributed by atoms with Crippen molar-refractivity contribution in [1.82, 2.24) is 10.6 Å². The number of benzene rings is 1. The van der Waals surface area contributed by atoms with E-state index in [0.29, 0.717) is 13.0 Å². The van der Waals surface area contributed by atoms with Crippen molar-refractivity contribution in [3.05, 3.63) is 48.3 Å². The lowest BCUT2D eigenvalue weighted by Crippen LogP contribution is -2.37. The fourth-order valence-electron chi connectivity index (χ4n) is 1.27. The van der Waals surface area contributed by atoms with Gasteiger partial charge in [0.05, 0.1) is 6.54 Å². The number of rotatable bonds is 6. The Balaban J connectivity index is 2.37. The van der Waals surface area contributed by atoms with Crippen LogP contribution >= 0.6 is 0 Å². The molecule has 0 bridgehead atoms. The number of carbonyl (C=O) groups is 2. The second-order valence-electron chi connectivity index (χ2n) is 3.62. The van der Waals surface area contributed by atoms with Gasteiger partial charge in [-0.25, -0.2) is 4.39 Å². The standard InChI is InChI=1S/C13H15FN2O2/c1-2-3-7-15-12(17)9-16-13(18)10-5-4-6-11(14)8-10/h2,4-6,8H,1,3,7,9H2,(H,15,17)(H,16,18). The molecule has 0 aromatic heterocycles. The highest BCUT2D eigenvalue weighted by molar-refractivity contribution is 5.96. The van der Waals surface area contributed by atoms with Crippen molar-refractivity contribution in [3.63, 3.8) is 0 Å². The van der Waals surface area contributed by atoms with Crippen molar-refractivity contribution >= 4 is 11.8 Å². The van der Waals surface area contributed by atoms with Crippen molar-refractivity contribution in [3.8, 4) is 0 Å². The largest absolute Gasteiger partial charge is 0.354 e. The molecule has 18 heavy (non-hydrogen) atoms. The summed E-state index contributed by atoms with van der Waals surface area (Å²) in [6.07, 6.45) is 2.36. The van der Waals surface area contributed by atoms with Crippen LogP contribution in [0.15, 0.2) is 36.9 Å². The lowest BCUT2D eigenvalue weighted by atomic mass is 10.2. The molecule has 0 fully saturated rings. The number of hydrogen-bond acceptors (Lipinski definition) is 2. The molecular formula is C13H15FN2O2. The quantitative estimate of drug-likeness (QED) is 0.589. The van der Waals surface area contributed by atoms with E-state index in [-0.39, 0.29) is 18.0 Å². The summed E-state index contributed by atoms with van der Waals surface area (Å²) in [5.74, 6) is -1.26. The first-order valence-corrected chi connectivity index (χ1v) is 5.55. The van der Waals surface area contributed by atoms with Gasteiger partial charge in [0, 0.05) is 12.1 Å². The number of halogens is 1. The maximum absolute atomic E-state index is 12.9. The Morgan fingerprint density at radius 3 is 2.78 bits per heavy atom. The molecular weight excluding hydrogens is 235 g/mol. The minimum atomic E-state index is -0.488. The van der Waals surface area contributed by atoms with E-state index in [1.165, 1.54) is 18.2 Å². The SMILES string of the molecule is C=CCCNC(=O)CNC(=O)c1cccc(F)c1. The summed E-state index contributed by atoms with van der Waals surface area (Å²) in [6.45, 7) is 3.87. The number of nitrogens with one attached hydrogen (secondary N) is 2. The summed E-state index contributed by atoms with van der Waals surface area (Å²) in [6, 6.07) is 5.28. The zero-order valence-electron chi connectivity index (χ0n) is 9.91. The highest BCUT2D eigenvalue weighted by atomic mass is 19.1. The molecule has 2 amide bonds. The molecule has 0 aliphatic carbocycles. The van der Waals surface area contributed by atoms with Gasteiger partial charge in [0.2, 0.25) is 5.91 Å². The molecule has 0 unspecified atom stereocenters. The second kappa shape index (κ2) is 7.21. The first-order chi connectivity index (χ1) is 8.63. The number of hydrogen-bond donors (Lipinski definition) is 2. The first kappa shape index (κ1) is 13.9. The van der Waals surface area contributed by atoms with Crippen LogP contribution in [0, 0.1) is 5.82 Å². The molecule has 1 rings (SSSR count). The lowest BCUT2D eigenvalue weighted by Gasteiger charge is -2.06. The third kappa shape index (κ3) is 4.78. The number of amides is 2. The molecule has 1 aromatic rings. The van der Waals surface area contributed by atoms with Crippen molar-refractivity contribution < 1.29 is 14.0 Å². The Bertz CT molecular complexity index is 446. The highest BCUT2D eigenvalue weighted by Crippen LogP contribution is 2.02. The summed E-state index contributed by atoms with van der Waals surface area (Å²) >= 11 is 0. The molecule has 0 heterocycles. The average molecular weight is 250 g/mol. The normalized spacial score (nSPS) is 9.61. The van der Waals surface area contributed by atoms with Gasteiger partial charge < -0.3 is 10.6 Å². The molecule has 2 N–H and O–H groups in total. The molecule has 0 atom stereocenters. The Morgan fingerprint density at radius 2 is 2.11 bits per heavy atom. The fraction of sp³-hybridized carbons (Fsp3) is 0.231. The summed E-state index contributed by atoms with van der Waals surface area (Å²) in [5, 5.41) is 5.01. The Labute approximate surface area is 105 Å². The van der Waals surface area contributed by atoms with Crippen molar-refractivity contribution in [2.24, 2.45) is 0 Å². The molecule has 0 spiro atoms. The van der Waals surface area contributed by atoms with Gasteiger partial charge in [-0.1, -0.05) is 12.1 Å². The van der Waals surface area contributed by atoms with Gasteiger partial charge in [0.25, 0.3) is 5.91 Å². The minimum Gasteiger partial charge on any atom is -0.354 e. The Morgan fingerprint density at radius 1 is 1.33 bits per heavy atom. The van der Waals surface area contributed by atoms with Crippen LogP contribution in [0.1, 0.15) is 16.8 Å². The summed E-state index contributed by atoms with van der Waals surface area (Å²) < 4.78 is 12.9. The first-order valence-electron chi connectivity index (χ1n) is 5.55. The highest BCUT2D eigenvalue weighted by Gasteiger charge is 2.07. The van der Waals surface area contributed by atoms with E-state index in [9.17, 15) is 14.0 Å². The van der Waals surface area contributed by atoms with Gasteiger partial charge in [-0.3, -0.25) is 9.59 Å². The zero-order chi connectivity index (χ0) is 13.4. The van der Waals surface area contributed by atoms with E-state index < -0.39 is 11.7 Å². The van der Waals surface area contributed by atoms with Gasteiger partial charge in [0.15, 0.2) is 0 Å². The summed E-state index contributed by atoms with van der Waals surface area (Å²) in [4.78, 5) is 22.8. The lowest BCUT2D eigenvalue weighted by molar-refractivity contribution is -0.120. The molecule has 5 heteroatoms. The zero-order valence-corrected chi connectivity index (χ0v) is 9.91. The Hall–Kier alpha value is -2.17.